The van der Waals surface area contributed by atoms with Crippen molar-refractivity contribution in [2.75, 3.05) is 13.2 Å². The van der Waals surface area contributed by atoms with Gasteiger partial charge in [0.15, 0.2) is 5.82 Å². The first-order valence-electron chi connectivity index (χ1n) is 9.58. The monoisotopic (exact) mass is 349 g/mol. The van der Waals surface area contributed by atoms with Gasteiger partial charge >= 0.3 is 6.03 Å². The van der Waals surface area contributed by atoms with Crippen LogP contribution in [0.3, 0.4) is 0 Å². The number of urea groups is 1. The number of aliphatic hydroxyl groups excluding tert-OH is 1. The molecular weight excluding hydrogens is 318 g/mol. The minimum atomic E-state index is -0.428. The van der Waals surface area contributed by atoms with Crippen molar-refractivity contribution in [3.8, 4) is 0 Å². The Balaban J connectivity index is 1.71. The molecule has 2 aliphatic rings. The summed E-state index contributed by atoms with van der Waals surface area (Å²) < 4.78 is 2.14. The van der Waals surface area contributed by atoms with E-state index < -0.39 is 5.54 Å². The number of aliphatic hydroxyl groups is 1. The quantitative estimate of drug-likeness (QED) is 0.854. The molecule has 3 heterocycles. The van der Waals surface area contributed by atoms with Crippen molar-refractivity contribution >= 4 is 6.03 Å². The lowest BCUT2D eigenvalue weighted by Crippen LogP contribution is -2.54. The topological polar surface area (TPSA) is 83.3 Å². The van der Waals surface area contributed by atoms with E-state index in [1.807, 2.05) is 11.8 Å². The zero-order valence-corrected chi connectivity index (χ0v) is 15.7. The largest absolute Gasteiger partial charge is 0.394 e. The van der Waals surface area contributed by atoms with Crippen LogP contribution >= 0.6 is 0 Å². The number of amides is 2. The van der Waals surface area contributed by atoms with Crippen LogP contribution in [0.5, 0.6) is 0 Å². The fourth-order valence-electron chi connectivity index (χ4n) is 4.44. The van der Waals surface area contributed by atoms with Gasteiger partial charge in [0.25, 0.3) is 0 Å². The molecule has 1 aromatic heterocycles. The van der Waals surface area contributed by atoms with E-state index in [0.29, 0.717) is 12.5 Å². The second-order valence-electron chi connectivity index (χ2n) is 7.99. The normalized spacial score (nSPS) is 24.4. The average molecular weight is 349 g/mol. The second kappa shape index (κ2) is 7.32. The van der Waals surface area contributed by atoms with Crippen LogP contribution in [0.15, 0.2) is 0 Å². The van der Waals surface area contributed by atoms with Gasteiger partial charge in [0.2, 0.25) is 0 Å². The number of carbonyl (C=O) groups excluding carboxylic acids is 1. The highest BCUT2D eigenvalue weighted by Crippen LogP contribution is 2.35. The van der Waals surface area contributed by atoms with Gasteiger partial charge in [0, 0.05) is 19.5 Å². The average Bonchev–Trinajstić information content (AvgIpc) is 3.18. The highest BCUT2D eigenvalue weighted by Gasteiger charge is 2.43. The Morgan fingerprint density at radius 3 is 2.76 bits per heavy atom. The summed E-state index contributed by atoms with van der Waals surface area (Å²) in [5, 5.41) is 21.7. The molecule has 0 unspecified atom stereocenters. The first-order chi connectivity index (χ1) is 12.0. The number of rotatable bonds is 5. The van der Waals surface area contributed by atoms with E-state index in [9.17, 15) is 9.90 Å². The van der Waals surface area contributed by atoms with Gasteiger partial charge in [0.05, 0.1) is 18.2 Å². The van der Waals surface area contributed by atoms with E-state index in [2.05, 4.69) is 33.9 Å². The molecular formula is C18H31N5O2. The molecule has 2 amide bonds. The fraction of sp³-hybridized carbons (Fsp3) is 0.833. The maximum absolute atomic E-state index is 12.9. The molecule has 0 bridgehead atoms. The molecule has 2 N–H and O–H groups in total. The van der Waals surface area contributed by atoms with Crippen LogP contribution in [0, 0.1) is 5.92 Å². The van der Waals surface area contributed by atoms with Crippen molar-refractivity contribution in [2.45, 2.75) is 77.4 Å². The molecule has 0 aliphatic carbocycles. The minimum absolute atomic E-state index is 0.0211. The molecule has 140 valence electrons. The molecule has 7 heteroatoms. The first-order valence-corrected chi connectivity index (χ1v) is 9.58. The van der Waals surface area contributed by atoms with Gasteiger partial charge in [-0.15, -0.1) is 10.2 Å². The van der Waals surface area contributed by atoms with Crippen molar-refractivity contribution in [2.24, 2.45) is 5.92 Å². The maximum atomic E-state index is 12.9. The van der Waals surface area contributed by atoms with E-state index in [1.54, 1.807) is 0 Å². The predicted octanol–water partition coefficient (Wildman–Crippen LogP) is 2.26. The van der Waals surface area contributed by atoms with Crippen molar-refractivity contribution < 1.29 is 9.90 Å². The highest BCUT2D eigenvalue weighted by atomic mass is 16.3. The van der Waals surface area contributed by atoms with Crippen molar-refractivity contribution in [1.82, 2.24) is 25.0 Å². The lowest BCUT2D eigenvalue weighted by molar-refractivity contribution is 0.0665. The molecule has 2 aliphatic heterocycles. The molecule has 1 aromatic rings. The molecule has 25 heavy (non-hydrogen) atoms. The van der Waals surface area contributed by atoms with Crippen LogP contribution < -0.4 is 5.32 Å². The number of aryl methyl sites for hydroxylation is 1. The first kappa shape index (κ1) is 18.2. The Kier molecular flexibility index (Phi) is 5.32. The summed E-state index contributed by atoms with van der Waals surface area (Å²) in [5.41, 5.74) is -0.428. The van der Waals surface area contributed by atoms with Gasteiger partial charge in [-0.05, 0) is 44.9 Å². The zero-order chi connectivity index (χ0) is 18.0. The van der Waals surface area contributed by atoms with Crippen molar-refractivity contribution in [1.29, 1.82) is 0 Å². The van der Waals surface area contributed by atoms with Crippen LogP contribution in [0.1, 0.15) is 70.6 Å². The number of hydrogen-bond donors (Lipinski definition) is 2. The van der Waals surface area contributed by atoms with Gasteiger partial charge in [-0.25, -0.2) is 4.79 Å². The molecule has 0 spiro atoms. The van der Waals surface area contributed by atoms with Crippen molar-refractivity contribution in [3.05, 3.63) is 11.6 Å². The SMILES string of the molecule is CC(C)C[C@@]1(CO)CCCN1C(=O)N[C@H](C)c1nnc2n1CCCC2. The van der Waals surface area contributed by atoms with E-state index >= 15 is 0 Å². The number of nitrogens with zero attached hydrogens (tertiary/aromatic N) is 4. The lowest BCUT2D eigenvalue weighted by Gasteiger charge is -2.39. The van der Waals surface area contributed by atoms with Gasteiger partial charge in [-0.3, -0.25) is 0 Å². The summed E-state index contributed by atoms with van der Waals surface area (Å²) in [7, 11) is 0. The van der Waals surface area contributed by atoms with Gasteiger partial charge in [0.1, 0.15) is 5.82 Å². The predicted molar refractivity (Wildman–Crippen MR) is 95.1 cm³/mol. The van der Waals surface area contributed by atoms with Gasteiger partial charge in [-0.2, -0.15) is 0 Å². The molecule has 2 atom stereocenters. The van der Waals surface area contributed by atoms with Gasteiger partial charge < -0.3 is 19.9 Å². The third-order valence-corrected chi connectivity index (χ3v) is 5.54. The van der Waals surface area contributed by atoms with Crippen LogP contribution in [0.4, 0.5) is 4.79 Å². The van der Waals surface area contributed by atoms with Crippen LogP contribution in [0.2, 0.25) is 0 Å². The summed E-state index contributed by atoms with van der Waals surface area (Å²) in [5.74, 6) is 2.29. The smallest absolute Gasteiger partial charge is 0.318 e. The molecule has 0 saturated carbocycles. The summed E-state index contributed by atoms with van der Waals surface area (Å²) in [6.45, 7) is 7.88. The van der Waals surface area contributed by atoms with E-state index in [0.717, 1.165) is 56.7 Å². The minimum Gasteiger partial charge on any atom is -0.394 e. The zero-order valence-electron chi connectivity index (χ0n) is 15.7. The van der Waals surface area contributed by atoms with Crippen molar-refractivity contribution in [3.63, 3.8) is 0 Å². The molecule has 0 radical (unpaired) electrons. The van der Waals surface area contributed by atoms with Crippen LogP contribution in [0.25, 0.3) is 0 Å². The Bertz CT molecular complexity index is 615. The van der Waals surface area contributed by atoms with Crippen LogP contribution in [-0.4, -0.2) is 49.5 Å². The molecule has 1 saturated heterocycles. The van der Waals surface area contributed by atoms with Crippen LogP contribution in [-0.2, 0) is 13.0 Å². The van der Waals surface area contributed by atoms with Gasteiger partial charge in [-0.1, -0.05) is 13.8 Å². The number of carbonyl (C=O) groups is 1. The standard InChI is InChI=1S/C18H31N5O2/c1-13(2)11-18(12-24)8-6-10-23(18)17(25)19-14(3)16-21-20-15-7-4-5-9-22(15)16/h13-14,24H,4-12H2,1-3H3,(H,19,25)/t14-,18-/m1/s1. The number of fused-ring (bicyclic) bond motifs is 1. The fourth-order valence-corrected chi connectivity index (χ4v) is 4.44. The number of aromatic nitrogens is 3. The lowest BCUT2D eigenvalue weighted by atomic mass is 9.87. The molecule has 7 nitrogen and oxygen atoms in total. The van der Waals surface area contributed by atoms with E-state index in [-0.39, 0.29) is 18.7 Å². The Labute approximate surface area is 149 Å². The third kappa shape index (κ3) is 3.52. The third-order valence-electron chi connectivity index (χ3n) is 5.54. The Morgan fingerprint density at radius 2 is 2.04 bits per heavy atom. The molecule has 3 rings (SSSR count). The summed E-state index contributed by atoms with van der Waals surface area (Å²) in [6.07, 6.45) is 5.88. The summed E-state index contributed by atoms with van der Waals surface area (Å²) in [6, 6.07) is -0.296. The number of nitrogens with one attached hydrogen (secondary N) is 1. The van der Waals surface area contributed by atoms with E-state index in [4.69, 9.17) is 0 Å². The summed E-state index contributed by atoms with van der Waals surface area (Å²) >= 11 is 0. The number of likely N-dealkylation sites (tertiary alicyclic amines) is 1. The molecule has 0 aromatic carbocycles. The molecule has 1 fully saturated rings. The number of hydrogen-bond acceptors (Lipinski definition) is 4. The summed E-state index contributed by atoms with van der Waals surface area (Å²) in [4.78, 5) is 14.8. The highest BCUT2D eigenvalue weighted by molar-refractivity contribution is 5.76. The van der Waals surface area contributed by atoms with E-state index in [1.165, 1.54) is 0 Å². The maximum Gasteiger partial charge on any atom is 0.318 e. The Hall–Kier alpha value is -1.63. The Morgan fingerprint density at radius 1 is 1.24 bits per heavy atom. The second-order valence-corrected chi connectivity index (χ2v) is 7.99.